The Bertz CT molecular complexity index is 479. The summed E-state index contributed by atoms with van der Waals surface area (Å²) < 4.78 is 5.38. The number of thiophene rings is 1. The lowest BCUT2D eigenvalue weighted by Crippen LogP contribution is -1.85. The van der Waals surface area contributed by atoms with Gasteiger partial charge in [-0.15, -0.1) is 22.9 Å². The highest BCUT2D eigenvalue weighted by atomic mass is 35.5. The van der Waals surface area contributed by atoms with E-state index in [0.29, 0.717) is 0 Å². The maximum atomic E-state index is 5.71. The summed E-state index contributed by atoms with van der Waals surface area (Å²) >= 11 is 7.47. The van der Waals surface area contributed by atoms with Crippen LogP contribution in [-0.4, -0.2) is 13.0 Å². The first kappa shape index (κ1) is 12.5. The fourth-order valence-electron chi connectivity index (χ4n) is 1.77. The molecule has 0 spiro atoms. The van der Waals surface area contributed by atoms with Gasteiger partial charge in [0.05, 0.1) is 7.11 Å². The van der Waals surface area contributed by atoms with Gasteiger partial charge >= 0.3 is 0 Å². The number of ether oxygens (including phenoxy) is 1. The van der Waals surface area contributed by atoms with Crippen LogP contribution in [0.25, 0.3) is 10.4 Å². The Labute approximate surface area is 111 Å². The molecule has 0 radical (unpaired) electrons. The van der Waals surface area contributed by atoms with Crippen LogP contribution < -0.4 is 4.74 Å². The van der Waals surface area contributed by atoms with E-state index in [1.165, 1.54) is 10.4 Å². The van der Waals surface area contributed by atoms with Gasteiger partial charge in [-0.1, -0.05) is 12.1 Å². The Kier molecular flexibility index (Phi) is 4.46. The number of rotatable bonds is 5. The molecule has 0 fully saturated rings. The van der Waals surface area contributed by atoms with Gasteiger partial charge < -0.3 is 4.74 Å². The Morgan fingerprint density at radius 2 is 2.12 bits per heavy atom. The van der Waals surface area contributed by atoms with E-state index in [-0.39, 0.29) is 0 Å². The first-order chi connectivity index (χ1) is 8.35. The van der Waals surface area contributed by atoms with Gasteiger partial charge in [-0.3, -0.25) is 0 Å². The highest BCUT2D eigenvalue weighted by Crippen LogP contribution is 2.34. The van der Waals surface area contributed by atoms with Crippen LogP contribution >= 0.6 is 22.9 Å². The first-order valence-corrected chi connectivity index (χ1v) is 7.03. The Hall–Kier alpha value is -0.990. The molecular formula is C14H15ClOS. The molecule has 90 valence electrons. The van der Waals surface area contributed by atoms with E-state index in [4.69, 9.17) is 16.3 Å². The molecule has 0 unspecified atom stereocenters. The molecule has 1 heterocycles. The third kappa shape index (κ3) is 3.02. The van der Waals surface area contributed by atoms with Crippen LogP contribution in [0.4, 0.5) is 0 Å². The van der Waals surface area contributed by atoms with Crippen LogP contribution in [-0.2, 0) is 6.42 Å². The van der Waals surface area contributed by atoms with Gasteiger partial charge in [0.2, 0.25) is 0 Å². The smallest absolute Gasteiger partial charge is 0.127 e. The van der Waals surface area contributed by atoms with Crippen molar-refractivity contribution in [2.75, 3.05) is 13.0 Å². The lowest BCUT2D eigenvalue weighted by molar-refractivity contribution is 0.416. The number of benzene rings is 1. The molecule has 0 N–H and O–H groups in total. The van der Waals surface area contributed by atoms with Crippen molar-refractivity contribution in [3.63, 3.8) is 0 Å². The number of aryl methyl sites for hydroxylation is 1. The second-order valence-corrected chi connectivity index (χ2v) is 5.10. The van der Waals surface area contributed by atoms with Crippen molar-refractivity contribution >= 4 is 22.9 Å². The molecular weight excluding hydrogens is 252 g/mol. The van der Waals surface area contributed by atoms with E-state index < -0.39 is 0 Å². The number of hydrogen-bond acceptors (Lipinski definition) is 2. The van der Waals surface area contributed by atoms with Crippen LogP contribution in [0.5, 0.6) is 5.75 Å². The molecule has 0 aliphatic heterocycles. The van der Waals surface area contributed by atoms with Gasteiger partial charge in [0.1, 0.15) is 5.75 Å². The van der Waals surface area contributed by atoms with Gasteiger partial charge in [-0.2, -0.15) is 0 Å². The molecule has 0 atom stereocenters. The minimum atomic E-state index is 0.722. The summed E-state index contributed by atoms with van der Waals surface area (Å²) in [6.07, 6.45) is 2.08. The van der Waals surface area contributed by atoms with E-state index in [9.17, 15) is 0 Å². The molecule has 0 aliphatic carbocycles. The highest BCUT2D eigenvalue weighted by Gasteiger charge is 2.07. The minimum Gasteiger partial charge on any atom is -0.496 e. The van der Waals surface area contributed by atoms with Crippen LogP contribution in [0.2, 0.25) is 0 Å². The summed E-state index contributed by atoms with van der Waals surface area (Å²) in [5.74, 6) is 1.65. The molecule has 0 saturated heterocycles. The number of halogens is 1. The first-order valence-electron chi connectivity index (χ1n) is 5.62. The number of para-hydroxylation sites is 1. The van der Waals surface area contributed by atoms with Gasteiger partial charge in [0, 0.05) is 16.3 Å². The summed E-state index contributed by atoms with van der Waals surface area (Å²) in [5.41, 5.74) is 2.52. The summed E-state index contributed by atoms with van der Waals surface area (Å²) in [6.45, 7) is 0. The largest absolute Gasteiger partial charge is 0.496 e. The maximum absolute atomic E-state index is 5.71. The number of methoxy groups -OCH3 is 1. The molecule has 0 amide bonds. The summed E-state index contributed by atoms with van der Waals surface area (Å²) in [4.78, 5) is 1.26. The molecule has 2 rings (SSSR count). The molecule has 3 heteroatoms. The van der Waals surface area contributed by atoms with Crippen molar-refractivity contribution in [3.8, 4) is 16.2 Å². The molecule has 0 aliphatic rings. The van der Waals surface area contributed by atoms with Gasteiger partial charge in [-0.25, -0.2) is 0 Å². The van der Waals surface area contributed by atoms with Crippen LogP contribution in [0, 0.1) is 0 Å². The average Bonchev–Trinajstić information content (AvgIpc) is 2.85. The van der Waals surface area contributed by atoms with Crippen LogP contribution in [0.15, 0.2) is 35.7 Å². The average molecular weight is 267 g/mol. The number of hydrogen-bond donors (Lipinski definition) is 0. The summed E-state index contributed by atoms with van der Waals surface area (Å²) in [7, 11) is 1.71. The predicted molar refractivity (Wildman–Crippen MR) is 75.3 cm³/mol. The van der Waals surface area contributed by atoms with Crippen molar-refractivity contribution in [2.45, 2.75) is 12.8 Å². The molecule has 2 aromatic rings. The fourth-order valence-corrected chi connectivity index (χ4v) is 2.88. The third-order valence-corrected chi connectivity index (χ3v) is 3.90. The van der Waals surface area contributed by atoms with E-state index >= 15 is 0 Å². The molecule has 0 saturated carbocycles. The normalized spacial score (nSPS) is 10.5. The van der Waals surface area contributed by atoms with Crippen LogP contribution in [0.3, 0.4) is 0 Å². The molecule has 1 nitrogen and oxygen atoms in total. The summed E-state index contributed by atoms with van der Waals surface area (Å²) in [6, 6.07) is 10.3. The van der Waals surface area contributed by atoms with Crippen molar-refractivity contribution in [3.05, 3.63) is 41.3 Å². The van der Waals surface area contributed by atoms with E-state index in [1.54, 1.807) is 18.4 Å². The Morgan fingerprint density at radius 3 is 2.88 bits per heavy atom. The second kappa shape index (κ2) is 6.08. The molecule has 17 heavy (non-hydrogen) atoms. The minimum absolute atomic E-state index is 0.722. The number of alkyl halides is 1. The zero-order valence-corrected chi connectivity index (χ0v) is 11.4. The predicted octanol–water partition coefficient (Wildman–Crippen LogP) is 4.60. The van der Waals surface area contributed by atoms with Crippen LogP contribution in [0.1, 0.15) is 12.0 Å². The lowest BCUT2D eigenvalue weighted by atomic mass is 10.1. The van der Waals surface area contributed by atoms with Crippen molar-refractivity contribution in [1.29, 1.82) is 0 Å². The fraction of sp³-hybridized carbons (Fsp3) is 0.286. The Morgan fingerprint density at radius 1 is 1.29 bits per heavy atom. The van der Waals surface area contributed by atoms with Crippen molar-refractivity contribution in [1.82, 2.24) is 0 Å². The molecule has 1 aromatic heterocycles. The van der Waals surface area contributed by atoms with E-state index in [2.05, 4.69) is 17.5 Å². The van der Waals surface area contributed by atoms with Gasteiger partial charge in [0.15, 0.2) is 0 Å². The topological polar surface area (TPSA) is 9.23 Å². The van der Waals surface area contributed by atoms with Crippen molar-refractivity contribution < 1.29 is 4.74 Å². The van der Waals surface area contributed by atoms with Gasteiger partial charge in [-0.05, 0) is 42.0 Å². The SMILES string of the molecule is COc1ccccc1-c1cc(CCCCl)cs1. The standard InChI is InChI=1S/C14H15ClOS/c1-16-13-7-3-2-6-12(13)14-9-11(10-17-14)5-4-8-15/h2-3,6-7,9-10H,4-5,8H2,1H3. The maximum Gasteiger partial charge on any atom is 0.127 e. The van der Waals surface area contributed by atoms with Crippen molar-refractivity contribution in [2.24, 2.45) is 0 Å². The Balaban J connectivity index is 2.24. The molecule has 1 aromatic carbocycles. The van der Waals surface area contributed by atoms with E-state index in [1.807, 2.05) is 18.2 Å². The molecule has 0 bridgehead atoms. The lowest BCUT2D eigenvalue weighted by Gasteiger charge is -2.05. The third-order valence-electron chi connectivity index (χ3n) is 2.63. The monoisotopic (exact) mass is 266 g/mol. The highest BCUT2D eigenvalue weighted by molar-refractivity contribution is 7.13. The van der Waals surface area contributed by atoms with E-state index in [0.717, 1.165) is 30.0 Å². The zero-order chi connectivity index (χ0) is 12.1. The quantitative estimate of drug-likeness (QED) is 0.719. The second-order valence-electron chi connectivity index (χ2n) is 3.81. The van der Waals surface area contributed by atoms with Gasteiger partial charge in [0.25, 0.3) is 0 Å². The summed E-state index contributed by atoms with van der Waals surface area (Å²) in [5, 5.41) is 2.20. The zero-order valence-electron chi connectivity index (χ0n) is 9.78.